The Balaban J connectivity index is 1.67. The summed E-state index contributed by atoms with van der Waals surface area (Å²) in [6.45, 7) is 0.735. The van der Waals surface area contributed by atoms with E-state index in [1.807, 2.05) is 48.5 Å². The van der Waals surface area contributed by atoms with E-state index < -0.39 is 0 Å². The van der Waals surface area contributed by atoms with Crippen molar-refractivity contribution in [2.75, 3.05) is 16.8 Å². The van der Waals surface area contributed by atoms with Gasteiger partial charge < -0.3 is 10.2 Å². The molecule has 1 N–H and O–H groups in total. The normalized spacial score (nSPS) is 14.4. The Labute approximate surface area is 149 Å². The van der Waals surface area contributed by atoms with Gasteiger partial charge in [-0.15, -0.1) is 0 Å². The third-order valence-electron chi connectivity index (χ3n) is 3.77. The summed E-state index contributed by atoms with van der Waals surface area (Å²) in [5.41, 5.74) is 2.44. The zero-order chi connectivity index (χ0) is 16.9. The molecule has 5 heteroatoms. The number of halogens is 1. The highest BCUT2D eigenvalue weighted by Crippen LogP contribution is 2.24. The zero-order valence-electron chi connectivity index (χ0n) is 13.0. The van der Waals surface area contributed by atoms with Gasteiger partial charge in [-0.3, -0.25) is 9.59 Å². The van der Waals surface area contributed by atoms with Crippen LogP contribution in [0.3, 0.4) is 0 Å². The van der Waals surface area contributed by atoms with Gasteiger partial charge in [-0.1, -0.05) is 34.1 Å². The predicted octanol–water partition coefficient (Wildman–Crippen LogP) is 4.23. The smallest absolute Gasteiger partial charge is 0.248 e. The van der Waals surface area contributed by atoms with E-state index in [0.29, 0.717) is 12.1 Å². The third kappa shape index (κ3) is 4.11. The topological polar surface area (TPSA) is 49.4 Å². The van der Waals surface area contributed by atoms with Crippen LogP contribution in [0.1, 0.15) is 18.4 Å². The second-order valence-corrected chi connectivity index (χ2v) is 6.49. The van der Waals surface area contributed by atoms with E-state index in [-0.39, 0.29) is 11.8 Å². The number of hydrogen-bond acceptors (Lipinski definition) is 2. The highest BCUT2D eigenvalue weighted by molar-refractivity contribution is 9.10. The number of carbonyl (C=O) groups excluding carboxylic acids is 2. The van der Waals surface area contributed by atoms with Crippen LogP contribution in [0.25, 0.3) is 6.08 Å². The number of benzene rings is 2. The lowest BCUT2D eigenvalue weighted by molar-refractivity contribution is -0.117. The van der Waals surface area contributed by atoms with E-state index >= 15 is 0 Å². The van der Waals surface area contributed by atoms with Crippen molar-refractivity contribution >= 4 is 45.2 Å². The lowest BCUT2D eigenvalue weighted by Gasteiger charge is -2.16. The number of anilines is 2. The Kier molecular flexibility index (Phi) is 5.11. The second kappa shape index (κ2) is 7.45. The number of rotatable bonds is 4. The number of amides is 2. The highest BCUT2D eigenvalue weighted by atomic mass is 79.9. The molecular weight excluding hydrogens is 368 g/mol. The van der Waals surface area contributed by atoms with Gasteiger partial charge in [0.2, 0.25) is 11.8 Å². The molecule has 0 aliphatic carbocycles. The molecule has 0 aromatic heterocycles. The summed E-state index contributed by atoms with van der Waals surface area (Å²) in [6.07, 6.45) is 4.72. The van der Waals surface area contributed by atoms with E-state index in [4.69, 9.17) is 0 Å². The van der Waals surface area contributed by atoms with E-state index in [1.54, 1.807) is 11.0 Å². The Morgan fingerprint density at radius 3 is 2.75 bits per heavy atom. The molecule has 4 nitrogen and oxygen atoms in total. The third-order valence-corrected chi connectivity index (χ3v) is 4.27. The van der Waals surface area contributed by atoms with Crippen LogP contribution >= 0.6 is 15.9 Å². The van der Waals surface area contributed by atoms with Crippen molar-refractivity contribution in [2.24, 2.45) is 0 Å². The highest BCUT2D eigenvalue weighted by Gasteiger charge is 2.21. The first kappa shape index (κ1) is 16.5. The van der Waals surface area contributed by atoms with Crippen molar-refractivity contribution in [1.29, 1.82) is 0 Å². The number of hydrogen-bond donors (Lipinski definition) is 1. The molecule has 1 aliphatic rings. The zero-order valence-corrected chi connectivity index (χ0v) is 14.6. The fourth-order valence-corrected chi connectivity index (χ4v) is 3.06. The lowest BCUT2D eigenvalue weighted by Crippen LogP contribution is -2.23. The molecule has 1 fully saturated rings. The average molecular weight is 385 g/mol. The van der Waals surface area contributed by atoms with Crippen molar-refractivity contribution in [3.05, 3.63) is 64.6 Å². The monoisotopic (exact) mass is 384 g/mol. The standard InChI is InChI=1S/C19H17BrN2O2/c20-15-5-1-4-14(12-15)9-10-18(23)21-16-6-2-7-17(13-16)22-11-3-8-19(22)24/h1-2,4-7,9-10,12-13H,3,8,11H2,(H,21,23)/b10-9+. The Morgan fingerprint density at radius 1 is 1.17 bits per heavy atom. The first-order valence-electron chi connectivity index (χ1n) is 7.77. The van der Waals surface area contributed by atoms with Gasteiger partial charge in [0.25, 0.3) is 0 Å². The van der Waals surface area contributed by atoms with Crippen LogP contribution in [0, 0.1) is 0 Å². The molecule has 0 bridgehead atoms. The Hall–Kier alpha value is -2.40. The molecule has 0 spiro atoms. The molecule has 2 aromatic rings. The maximum Gasteiger partial charge on any atom is 0.248 e. The molecule has 1 saturated heterocycles. The summed E-state index contributed by atoms with van der Waals surface area (Å²) in [6, 6.07) is 15.1. The summed E-state index contributed by atoms with van der Waals surface area (Å²) in [4.78, 5) is 25.7. The van der Waals surface area contributed by atoms with Crippen molar-refractivity contribution < 1.29 is 9.59 Å². The van der Waals surface area contributed by atoms with E-state index in [1.165, 1.54) is 6.08 Å². The van der Waals surface area contributed by atoms with Crippen LogP contribution in [0.2, 0.25) is 0 Å². The first-order chi connectivity index (χ1) is 11.6. The van der Waals surface area contributed by atoms with E-state index in [9.17, 15) is 9.59 Å². The molecule has 1 heterocycles. The summed E-state index contributed by atoms with van der Waals surface area (Å²) in [5, 5.41) is 2.83. The second-order valence-electron chi connectivity index (χ2n) is 5.58. The largest absolute Gasteiger partial charge is 0.322 e. The lowest BCUT2D eigenvalue weighted by atomic mass is 10.2. The Bertz CT molecular complexity index is 801. The van der Waals surface area contributed by atoms with Crippen molar-refractivity contribution in [2.45, 2.75) is 12.8 Å². The van der Waals surface area contributed by atoms with Gasteiger partial charge in [0.15, 0.2) is 0 Å². The molecular formula is C19H17BrN2O2. The SMILES string of the molecule is O=C(/C=C/c1cccc(Br)c1)Nc1cccc(N2CCCC2=O)c1. The van der Waals surface area contributed by atoms with Gasteiger partial charge in [-0.2, -0.15) is 0 Å². The summed E-state index contributed by atoms with van der Waals surface area (Å²) in [5.74, 6) is -0.0760. The van der Waals surface area contributed by atoms with E-state index in [2.05, 4.69) is 21.2 Å². The minimum Gasteiger partial charge on any atom is -0.322 e. The van der Waals surface area contributed by atoms with Crippen molar-refractivity contribution in [3.8, 4) is 0 Å². The van der Waals surface area contributed by atoms with Crippen LogP contribution in [-0.2, 0) is 9.59 Å². The fraction of sp³-hybridized carbons (Fsp3) is 0.158. The molecule has 0 saturated carbocycles. The van der Waals surface area contributed by atoms with Crippen LogP contribution < -0.4 is 10.2 Å². The van der Waals surface area contributed by atoms with Crippen LogP contribution in [-0.4, -0.2) is 18.4 Å². The number of nitrogens with one attached hydrogen (secondary N) is 1. The van der Waals surface area contributed by atoms with Gasteiger partial charge in [-0.25, -0.2) is 0 Å². The van der Waals surface area contributed by atoms with Gasteiger partial charge in [-0.05, 0) is 48.4 Å². The van der Waals surface area contributed by atoms with Crippen LogP contribution in [0.15, 0.2) is 59.1 Å². The molecule has 3 rings (SSSR count). The average Bonchev–Trinajstić information content (AvgIpc) is 2.99. The van der Waals surface area contributed by atoms with E-state index in [0.717, 1.165) is 28.7 Å². The van der Waals surface area contributed by atoms with Gasteiger partial charge in [0.05, 0.1) is 0 Å². The van der Waals surface area contributed by atoms with Crippen molar-refractivity contribution in [3.63, 3.8) is 0 Å². The van der Waals surface area contributed by atoms with Crippen LogP contribution in [0.4, 0.5) is 11.4 Å². The summed E-state index contributed by atoms with van der Waals surface area (Å²) in [7, 11) is 0. The minimum absolute atomic E-state index is 0.132. The molecule has 2 aromatic carbocycles. The molecule has 0 atom stereocenters. The van der Waals surface area contributed by atoms with Crippen LogP contribution in [0.5, 0.6) is 0 Å². The molecule has 24 heavy (non-hydrogen) atoms. The van der Waals surface area contributed by atoms with Gasteiger partial charge >= 0.3 is 0 Å². The maximum absolute atomic E-state index is 12.1. The number of nitrogens with zero attached hydrogens (tertiary/aromatic N) is 1. The predicted molar refractivity (Wildman–Crippen MR) is 99.8 cm³/mol. The molecule has 0 unspecified atom stereocenters. The molecule has 122 valence electrons. The molecule has 2 amide bonds. The first-order valence-corrected chi connectivity index (χ1v) is 8.56. The fourth-order valence-electron chi connectivity index (χ4n) is 2.64. The summed E-state index contributed by atoms with van der Waals surface area (Å²) >= 11 is 3.40. The molecule has 1 aliphatic heterocycles. The quantitative estimate of drug-likeness (QED) is 0.801. The Morgan fingerprint density at radius 2 is 2.00 bits per heavy atom. The molecule has 0 radical (unpaired) electrons. The maximum atomic E-state index is 12.1. The number of carbonyl (C=O) groups is 2. The summed E-state index contributed by atoms with van der Waals surface area (Å²) < 4.78 is 0.966. The minimum atomic E-state index is -0.208. The van der Waals surface area contributed by atoms with Gasteiger partial charge in [0.1, 0.15) is 0 Å². The van der Waals surface area contributed by atoms with Gasteiger partial charge in [0, 0.05) is 34.9 Å². The van der Waals surface area contributed by atoms with Crippen molar-refractivity contribution in [1.82, 2.24) is 0 Å².